The monoisotopic (exact) mass is 390 g/mol. The van der Waals surface area contributed by atoms with E-state index in [1.807, 2.05) is 12.1 Å². The van der Waals surface area contributed by atoms with Crippen LogP contribution in [0.2, 0.25) is 14.4 Å². The summed E-state index contributed by atoms with van der Waals surface area (Å²) in [5.74, 6) is 7.29. The summed E-state index contributed by atoms with van der Waals surface area (Å²) in [7, 11) is 0. The lowest BCUT2D eigenvalue weighted by molar-refractivity contribution is 0.850. The molecular formula is C13H9Cl3N4S2. The first-order valence-electron chi connectivity index (χ1n) is 6.07. The van der Waals surface area contributed by atoms with Gasteiger partial charge in [0.25, 0.3) is 0 Å². The van der Waals surface area contributed by atoms with E-state index in [2.05, 4.69) is 10.2 Å². The minimum absolute atomic E-state index is 0.480. The highest BCUT2D eigenvalue weighted by Gasteiger charge is 2.15. The van der Waals surface area contributed by atoms with Crippen LogP contribution in [0.15, 0.2) is 35.5 Å². The Kier molecular flexibility index (Phi) is 4.84. The fourth-order valence-electron chi connectivity index (χ4n) is 1.79. The third kappa shape index (κ3) is 3.36. The van der Waals surface area contributed by atoms with Gasteiger partial charge in [-0.1, -0.05) is 46.6 Å². The Hall–Kier alpha value is -0.920. The van der Waals surface area contributed by atoms with Crippen molar-refractivity contribution in [1.29, 1.82) is 0 Å². The number of thiophene rings is 1. The van der Waals surface area contributed by atoms with Crippen molar-refractivity contribution in [2.45, 2.75) is 10.9 Å². The van der Waals surface area contributed by atoms with Crippen LogP contribution in [0.3, 0.4) is 0 Å². The first-order valence-corrected chi connectivity index (χ1v) is 9.01. The van der Waals surface area contributed by atoms with Crippen LogP contribution in [-0.2, 0) is 5.75 Å². The summed E-state index contributed by atoms with van der Waals surface area (Å²) in [4.78, 5) is 1.14. The third-order valence-electron chi connectivity index (χ3n) is 2.81. The predicted octanol–water partition coefficient (Wildman–Crippen LogP) is 4.97. The molecule has 2 N–H and O–H groups in total. The summed E-state index contributed by atoms with van der Waals surface area (Å²) in [5, 5.41) is 9.86. The molecule has 0 aliphatic rings. The van der Waals surface area contributed by atoms with Gasteiger partial charge in [-0.05, 0) is 30.3 Å². The number of aromatic nitrogens is 3. The number of nitrogens with two attached hydrogens (primary N) is 1. The Bertz CT molecular complexity index is 815. The van der Waals surface area contributed by atoms with Crippen molar-refractivity contribution >= 4 is 57.9 Å². The third-order valence-corrected chi connectivity index (χ3v) is 5.76. The lowest BCUT2D eigenvalue weighted by Gasteiger charge is -2.05. The molecule has 1 aromatic carbocycles. The molecule has 22 heavy (non-hydrogen) atoms. The highest BCUT2D eigenvalue weighted by atomic mass is 35.5. The molecular weight excluding hydrogens is 383 g/mol. The van der Waals surface area contributed by atoms with Crippen molar-refractivity contribution in [3.05, 3.63) is 49.6 Å². The van der Waals surface area contributed by atoms with Gasteiger partial charge in [-0.25, -0.2) is 4.68 Å². The zero-order valence-corrected chi connectivity index (χ0v) is 14.9. The maximum absolute atomic E-state index is 6.18. The van der Waals surface area contributed by atoms with E-state index in [1.165, 1.54) is 27.8 Å². The highest BCUT2D eigenvalue weighted by Crippen LogP contribution is 2.32. The molecule has 0 radical (unpaired) electrons. The fraction of sp³-hybridized carbons (Fsp3) is 0.0769. The van der Waals surface area contributed by atoms with Crippen LogP contribution in [-0.4, -0.2) is 14.9 Å². The predicted molar refractivity (Wildman–Crippen MR) is 94.5 cm³/mol. The number of hydrogen-bond donors (Lipinski definition) is 1. The Morgan fingerprint density at radius 3 is 2.64 bits per heavy atom. The van der Waals surface area contributed by atoms with Gasteiger partial charge < -0.3 is 5.84 Å². The normalized spacial score (nSPS) is 11.0. The quantitative estimate of drug-likeness (QED) is 0.504. The molecule has 2 heterocycles. The van der Waals surface area contributed by atoms with Gasteiger partial charge in [0, 0.05) is 21.2 Å². The molecule has 0 saturated carbocycles. The van der Waals surface area contributed by atoms with Gasteiger partial charge >= 0.3 is 0 Å². The summed E-state index contributed by atoms with van der Waals surface area (Å²) in [6.07, 6.45) is 0. The fourth-order valence-corrected chi connectivity index (χ4v) is 4.28. The van der Waals surface area contributed by atoms with Crippen LogP contribution < -0.4 is 5.84 Å². The number of rotatable bonds is 4. The highest BCUT2D eigenvalue weighted by molar-refractivity contribution is 7.98. The molecule has 0 unspecified atom stereocenters. The Morgan fingerprint density at radius 1 is 1.14 bits per heavy atom. The van der Waals surface area contributed by atoms with E-state index in [0.29, 0.717) is 26.6 Å². The molecule has 0 fully saturated rings. The number of benzene rings is 1. The summed E-state index contributed by atoms with van der Waals surface area (Å²) in [6.45, 7) is 0. The molecule has 3 aromatic rings. The smallest absolute Gasteiger partial charge is 0.210 e. The lowest BCUT2D eigenvalue weighted by Crippen LogP contribution is -2.11. The molecule has 0 bridgehead atoms. The Balaban J connectivity index is 1.82. The molecule has 0 saturated heterocycles. The first kappa shape index (κ1) is 16.0. The van der Waals surface area contributed by atoms with Gasteiger partial charge in [-0.15, -0.1) is 21.5 Å². The number of halogens is 3. The van der Waals surface area contributed by atoms with Crippen LogP contribution in [0.25, 0.3) is 11.4 Å². The number of thioether (sulfide) groups is 1. The number of nitrogens with zero attached hydrogens (tertiary/aromatic N) is 3. The van der Waals surface area contributed by atoms with E-state index in [0.717, 1.165) is 15.0 Å². The minimum Gasteiger partial charge on any atom is -0.335 e. The van der Waals surface area contributed by atoms with Gasteiger partial charge in [-0.3, -0.25) is 0 Å². The van der Waals surface area contributed by atoms with E-state index < -0.39 is 0 Å². The van der Waals surface area contributed by atoms with Gasteiger partial charge in [0.05, 0.1) is 9.36 Å². The average Bonchev–Trinajstić information content (AvgIpc) is 3.04. The summed E-state index contributed by atoms with van der Waals surface area (Å²) in [6, 6.07) is 9.00. The zero-order valence-electron chi connectivity index (χ0n) is 11.0. The second kappa shape index (κ2) is 6.68. The molecule has 0 atom stereocenters. The van der Waals surface area contributed by atoms with Crippen LogP contribution in [0.5, 0.6) is 0 Å². The molecule has 4 nitrogen and oxygen atoms in total. The molecule has 0 aliphatic carbocycles. The van der Waals surface area contributed by atoms with Gasteiger partial charge in [0.15, 0.2) is 5.82 Å². The van der Waals surface area contributed by atoms with Gasteiger partial charge in [-0.2, -0.15) is 0 Å². The second-order valence-corrected chi connectivity index (χ2v) is 7.88. The van der Waals surface area contributed by atoms with Crippen LogP contribution in [0, 0.1) is 0 Å². The summed E-state index contributed by atoms with van der Waals surface area (Å²) < 4.78 is 2.19. The molecule has 0 amide bonds. The molecule has 0 aliphatic heterocycles. The van der Waals surface area contributed by atoms with E-state index in [9.17, 15) is 0 Å². The van der Waals surface area contributed by atoms with Crippen molar-refractivity contribution in [1.82, 2.24) is 14.9 Å². The average molecular weight is 392 g/mol. The number of nitrogen functional groups attached to an aromatic ring is 1. The van der Waals surface area contributed by atoms with Crippen LogP contribution in [0.4, 0.5) is 0 Å². The molecule has 9 heteroatoms. The van der Waals surface area contributed by atoms with E-state index in [1.54, 1.807) is 18.2 Å². The minimum atomic E-state index is 0.480. The maximum atomic E-state index is 6.18. The largest absolute Gasteiger partial charge is 0.335 e. The lowest BCUT2D eigenvalue weighted by atomic mass is 10.2. The van der Waals surface area contributed by atoms with Gasteiger partial charge in [0.2, 0.25) is 5.16 Å². The van der Waals surface area contributed by atoms with Crippen molar-refractivity contribution in [2.24, 2.45) is 0 Å². The van der Waals surface area contributed by atoms with E-state index >= 15 is 0 Å². The SMILES string of the molecule is Nn1c(SCc2ccc(Cl)s2)nnc1-c1ccc(Cl)cc1Cl. The molecule has 0 spiro atoms. The van der Waals surface area contributed by atoms with Crippen LogP contribution in [0.1, 0.15) is 4.88 Å². The van der Waals surface area contributed by atoms with Gasteiger partial charge in [0.1, 0.15) is 0 Å². The van der Waals surface area contributed by atoms with Crippen molar-refractivity contribution < 1.29 is 0 Å². The molecule has 3 rings (SSSR count). The molecule has 114 valence electrons. The zero-order chi connectivity index (χ0) is 15.7. The van der Waals surface area contributed by atoms with Crippen molar-refractivity contribution in [3.63, 3.8) is 0 Å². The summed E-state index contributed by atoms with van der Waals surface area (Å²) in [5.41, 5.74) is 0.687. The molecule has 2 aromatic heterocycles. The van der Waals surface area contributed by atoms with E-state index in [-0.39, 0.29) is 0 Å². The first-order chi connectivity index (χ1) is 10.5. The van der Waals surface area contributed by atoms with Crippen LogP contribution >= 0.6 is 57.9 Å². The summed E-state index contributed by atoms with van der Waals surface area (Å²) >= 11 is 21.0. The Morgan fingerprint density at radius 2 is 1.95 bits per heavy atom. The van der Waals surface area contributed by atoms with Crippen molar-refractivity contribution in [2.75, 3.05) is 5.84 Å². The van der Waals surface area contributed by atoms with Crippen molar-refractivity contribution in [3.8, 4) is 11.4 Å². The standard InChI is InChI=1S/C13H9Cl3N4S2/c14-7-1-3-9(10(15)5-7)12-18-19-13(20(12)17)21-6-8-2-4-11(16)22-8/h1-5H,6,17H2. The maximum Gasteiger partial charge on any atom is 0.210 e. The van der Waals surface area contributed by atoms with E-state index in [4.69, 9.17) is 40.6 Å². The Labute approximate surface area is 150 Å². The topological polar surface area (TPSA) is 56.7 Å². The second-order valence-electron chi connectivity index (χ2n) is 4.29. The number of hydrogen-bond acceptors (Lipinski definition) is 5.